The molecule has 0 spiro atoms. The number of ether oxygens (including phenoxy) is 1. The molecule has 0 aromatic heterocycles. The molecule has 2 nitrogen and oxygen atoms in total. The number of unbranched alkanes of at least 4 members (excludes halogenated alkanes) is 2. The quantitative estimate of drug-likeness (QED) is 0.457. The number of carbonyl (C=O) groups is 1. The number of rotatable bonds is 4. The molecular weight excluding hydrogens is 140 g/mol. The molecule has 0 radical (unpaired) electrons. The molecule has 0 N–H and O–H groups in total. The van der Waals surface area contributed by atoms with Gasteiger partial charge in [0, 0.05) is 6.08 Å². The van der Waals surface area contributed by atoms with Gasteiger partial charge >= 0.3 is 5.97 Å². The van der Waals surface area contributed by atoms with Gasteiger partial charge in [0.15, 0.2) is 0 Å². The van der Waals surface area contributed by atoms with Crippen LogP contribution in [-0.4, -0.2) is 12.6 Å². The minimum absolute atomic E-state index is 0.170. The van der Waals surface area contributed by atoms with E-state index in [0.29, 0.717) is 6.61 Å². The van der Waals surface area contributed by atoms with E-state index in [1.54, 1.807) is 6.08 Å². The fourth-order valence-electron chi connectivity index (χ4n) is 1.16. The molecule has 62 valence electrons. The summed E-state index contributed by atoms with van der Waals surface area (Å²) >= 11 is 0. The van der Waals surface area contributed by atoms with Gasteiger partial charge in [0.1, 0.15) is 6.61 Å². The molecule has 0 unspecified atom stereocenters. The maximum Gasteiger partial charge on any atom is 0.331 e. The summed E-state index contributed by atoms with van der Waals surface area (Å²) in [6.07, 6.45) is 6.29. The van der Waals surface area contributed by atoms with Gasteiger partial charge in [0.25, 0.3) is 0 Å². The molecule has 0 amide bonds. The number of hydrogen-bond acceptors (Lipinski definition) is 2. The van der Waals surface area contributed by atoms with E-state index in [0.717, 1.165) is 12.0 Å². The largest absolute Gasteiger partial charge is 0.458 e. The Kier molecular flexibility index (Phi) is 3.14. The molecule has 0 aliphatic carbocycles. The van der Waals surface area contributed by atoms with Crippen molar-refractivity contribution in [3.05, 3.63) is 11.6 Å². The zero-order chi connectivity index (χ0) is 8.10. The minimum atomic E-state index is -0.170. The predicted octanol–water partition coefficient (Wildman–Crippen LogP) is 2.05. The third kappa shape index (κ3) is 2.74. The second kappa shape index (κ2) is 4.16. The summed E-state index contributed by atoms with van der Waals surface area (Å²) in [5.74, 6) is -0.170. The summed E-state index contributed by atoms with van der Waals surface area (Å²) in [4.78, 5) is 10.6. The normalized spacial score (nSPS) is 16.5. The van der Waals surface area contributed by atoms with Crippen LogP contribution < -0.4 is 0 Å². The van der Waals surface area contributed by atoms with Crippen molar-refractivity contribution in [2.24, 2.45) is 0 Å². The Morgan fingerprint density at radius 2 is 2.36 bits per heavy atom. The van der Waals surface area contributed by atoms with Gasteiger partial charge in [-0.15, -0.1) is 0 Å². The highest BCUT2D eigenvalue weighted by atomic mass is 16.5. The number of cyclic esters (lactones) is 1. The van der Waals surface area contributed by atoms with E-state index >= 15 is 0 Å². The predicted molar refractivity (Wildman–Crippen MR) is 43.2 cm³/mol. The molecule has 0 atom stereocenters. The molecule has 0 fully saturated rings. The van der Waals surface area contributed by atoms with Crippen LogP contribution in [0.25, 0.3) is 0 Å². The van der Waals surface area contributed by atoms with Crippen molar-refractivity contribution in [2.75, 3.05) is 6.61 Å². The van der Waals surface area contributed by atoms with Crippen molar-refractivity contribution in [3.63, 3.8) is 0 Å². The third-order valence-electron chi connectivity index (χ3n) is 1.82. The van der Waals surface area contributed by atoms with Gasteiger partial charge in [-0.25, -0.2) is 4.79 Å². The summed E-state index contributed by atoms with van der Waals surface area (Å²) in [6, 6.07) is 0. The Bertz CT molecular complexity index is 170. The van der Waals surface area contributed by atoms with Crippen LogP contribution in [0.3, 0.4) is 0 Å². The molecule has 0 aromatic rings. The fourth-order valence-corrected chi connectivity index (χ4v) is 1.16. The summed E-state index contributed by atoms with van der Waals surface area (Å²) in [5, 5.41) is 0. The van der Waals surface area contributed by atoms with Crippen molar-refractivity contribution >= 4 is 5.97 Å². The Morgan fingerprint density at radius 1 is 1.55 bits per heavy atom. The van der Waals surface area contributed by atoms with Crippen LogP contribution in [0.5, 0.6) is 0 Å². The van der Waals surface area contributed by atoms with Crippen LogP contribution in [0.1, 0.15) is 32.6 Å². The summed E-state index contributed by atoms with van der Waals surface area (Å²) < 4.78 is 4.76. The first-order chi connectivity index (χ1) is 5.33. The van der Waals surface area contributed by atoms with Gasteiger partial charge in [-0.05, 0) is 18.4 Å². The second-order valence-corrected chi connectivity index (χ2v) is 2.87. The molecule has 1 aliphatic heterocycles. The summed E-state index contributed by atoms with van der Waals surface area (Å²) in [7, 11) is 0. The van der Waals surface area contributed by atoms with Crippen LogP contribution in [0.15, 0.2) is 11.6 Å². The van der Waals surface area contributed by atoms with Gasteiger partial charge in [0.05, 0.1) is 0 Å². The lowest BCUT2D eigenvalue weighted by Crippen LogP contribution is -1.91. The third-order valence-corrected chi connectivity index (χ3v) is 1.82. The van der Waals surface area contributed by atoms with Gasteiger partial charge in [-0.3, -0.25) is 0 Å². The van der Waals surface area contributed by atoms with Gasteiger partial charge in [-0.1, -0.05) is 19.8 Å². The Labute approximate surface area is 67.2 Å². The van der Waals surface area contributed by atoms with Crippen LogP contribution >= 0.6 is 0 Å². The molecule has 1 rings (SSSR count). The van der Waals surface area contributed by atoms with Crippen molar-refractivity contribution in [1.29, 1.82) is 0 Å². The summed E-state index contributed by atoms with van der Waals surface area (Å²) in [6.45, 7) is 2.70. The highest BCUT2D eigenvalue weighted by Crippen LogP contribution is 2.13. The molecule has 0 saturated heterocycles. The first-order valence-corrected chi connectivity index (χ1v) is 4.19. The van der Waals surface area contributed by atoms with Crippen molar-refractivity contribution in [3.8, 4) is 0 Å². The van der Waals surface area contributed by atoms with E-state index in [4.69, 9.17) is 4.74 Å². The van der Waals surface area contributed by atoms with Crippen molar-refractivity contribution in [2.45, 2.75) is 32.6 Å². The maximum absolute atomic E-state index is 10.6. The van der Waals surface area contributed by atoms with Crippen LogP contribution in [0.2, 0.25) is 0 Å². The van der Waals surface area contributed by atoms with E-state index < -0.39 is 0 Å². The van der Waals surface area contributed by atoms with Gasteiger partial charge in [0.2, 0.25) is 0 Å². The smallest absolute Gasteiger partial charge is 0.331 e. The average Bonchev–Trinajstić information content (AvgIpc) is 2.37. The molecule has 1 aliphatic rings. The summed E-state index contributed by atoms with van der Waals surface area (Å²) in [5.41, 5.74) is 1.16. The Morgan fingerprint density at radius 3 is 2.91 bits per heavy atom. The molecule has 0 bridgehead atoms. The average molecular weight is 154 g/mol. The van der Waals surface area contributed by atoms with Crippen molar-refractivity contribution in [1.82, 2.24) is 0 Å². The van der Waals surface area contributed by atoms with E-state index in [1.807, 2.05) is 0 Å². The van der Waals surface area contributed by atoms with Crippen LogP contribution in [-0.2, 0) is 9.53 Å². The van der Waals surface area contributed by atoms with Gasteiger partial charge < -0.3 is 4.74 Å². The van der Waals surface area contributed by atoms with E-state index in [1.165, 1.54) is 19.3 Å². The maximum atomic E-state index is 10.6. The molecule has 0 saturated carbocycles. The van der Waals surface area contributed by atoms with E-state index in [2.05, 4.69) is 6.92 Å². The topological polar surface area (TPSA) is 26.3 Å². The van der Waals surface area contributed by atoms with E-state index in [9.17, 15) is 4.79 Å². The first-order valence-electron chi connectivity index (χ1n) is 4.19. The fraction of sp³-hybridized carbons (Fsp3) is 0.667. The molecular formula is C9H14O2. The van der Waals surface area contributed by atoms with Crippen molar-refractivity contribution < 1.29 is 9.53 Å². The minimum Gasteiger partial charge on any atom is -0.458 e. The van der Waals surface area contributed by atoms with Crippen LogP contribution in [0, 0.1) is 0 Å². The molecule has 11 heavy (non-hydrogen) atoms. The number of esters is 1. The number of carbonyl (C=O) groups excluding carboxylic acids is 1. The first kappa shape index (κ1) is 8.31. The lowest BCUT2D eigenvalue weighted by Gasteiger charge is -1.97. The zero-order valence-corrected chi connectivity index (χ0v) is 6.93. The second-order valence-electron chi connectivity index (χ2n) is 2.87. The van der Waals surface area contributed by atoms with Crippen LogP contribution in [0.4, 0.5) is 0 Å². The standard InChI is InChI=1S/C9H14O2/c1-2-3-4-5-8-6-9(10)11-7-8/h6H,2-5,7H2,1H3. The molecule has 0 aromatic carbocycles. The monoisotopic (exact) mass is 154 g/mol. The zero-order valence-electron chi connectivity index (χ0n) is 6.93. The Hall–Kier alpha value is -0.790. The molecule has 2 heteroatoms. The lowest BCUT2D eigenvalue weighted by molar-refractivity contribution is -0.134. The van der Waals surface area contributed by atoms with Gasteiger partial charge in [-0.2, -0.15) is 0 Å². The number of hydrogen-bond donors (Lipinski definition) is 0. The Balaban J connectivity index is 2.17. The molecule has 1 heterocycles. The highest BCUT2D eigenvalue weighted by Gasteiger charge is 2.11. The van der Waals surface area contributed by atoms with E-state index in [-0.39, 0.29) is 5.97 Å². The SMILES string of the molecule is CCCCCC1=CC(=O)OC1. The lowest BCUT2D eigenvalue weighted by atomic mass is 10.1. The highest BCUT2D eigenvalue weighted by molar-refractivity contribution is 5.85.